The molecule has 392 valence electrons. The summed E-state index contributed by atoms with van der Waals surface area (Å²) in [7, 11) is 0. The van der Waals surface area contributed by atoms with Crippen molar-refractivity contribution < 1.29 is 24.5 Å². The van der Waals surface area contributed by atoms with Crippen LogP contribution in [0.3, 0.4) is 0 Å². The monoisotopic (exact) mass is 932 g/mol. The lowest BCUT2D eigenvalue weighted by atomic mass is 10.0. The maximum atomic E-state index is 12.4. The minimum absolute atomic E-state index is 0.00720. The topological polar surface area (TPSA) is 95.9 Å². The van der Waals surface area contributed by atoms with Crippen molar-refractivity contribution in [3.05, 3.63) is 12.2 Å². The van der Waals surface area contributed by atoms with Gasteiger partial charge in [-0.1, -0.05) is 289 Å². The molecule has 6 heteroatoms. The van der Waals surface area contributed by atoms with E-state index in [0.29, 0.717) is 25.9 Å². The molecule has 0 rings (SSSR count). The number of hydrogen-bond acceptors (Lipinski definition) is 5. The molecule has 0 saturated carbocycles. The zero-order chi connectivity index (χ0) is 47.9. The maximum absolute atomic E-state index is 12.4. The van der Waals surface area contributed by atoms with Gasteiger partial charge >= 0.3 is 5.97 Å². The summed E-state index contributed by atoms with van der Waals surface area (Å²) >= 11 is 0. The summed E-state index contributed by atoms with van der Waals surface area (Å²) in [6, 6.07) is -0.537. The van der Waals surface area contributed by atoms with Crippen LogP contribution in [0, 0.1) is 0 Å². The van der Waals surface area contributed by atoms with Gasteiger partial charge in [0.25, 0.3) is 0 Å². The summed E-state index contributed by atoms with van der Waals surface area (Å²) in [5, 5.41) is 23.2. The molecule has 6 nitrogen and oxygen atoms in total. The number of amides is 1. The van der Waals surface area contributed by atoms with E-state index in [4.69, 9.17) is 4.74 Å². The van der Waals surface area contributed by atoms with Gasteiger partial charge in [0.1, 0.15) is 0 Å². The Hall–Kier alpha value is -1.40. The molecule has 0 aliphatic heterocycles. The third kappa shape index (κ3) is 52.0. The first-order chi connectivity index (χ1) is 32.5. The normalized spacial score (nSPS) is 12.6. The van der Waals surface area contributed by atoms with Crippen LogP contribution < -0.4 is 5.32 Å². The quantitative estimate of drug-likeness (QED) is 0.0321. The molecule has 0 saturated heterocycles. The molecule has 3 N–H and O–H groups in total. The van der Waals surface area contributed by atoms with E-state index in [9.17, 15) is 19.8 Å². The maximum Gasteiger partial charge on any atom is 0.305 e. The summed E-state index contributed by atoms with van der Waals surface area (Å²) in [4.78, 5) is 24.4. The third-order valence-corrected chi connectivity index (χ3v) is 14.1. The molecule has 0 aliphatic carbocycles. The van der Waals surface area contributed by atoms with Gasteiger partial charge in [-0.2, -0.15) is 0 Å². The number of unbranched alkanes of at least 4 members (excludes halogenated alkanes) is 43. The van der Waals surface area contributed by atoms with Crippen LogP contribution in [0.1, 0.15) is 335 Å². The second-order valence-electron chi connectivity index (χ2n) is 20.7. The molecule has 0 fully saturated rings. The van der Waals surface area contributed by atoms with Crippen molar-refractivity contribution in [2.75, 3.05) is 13.2 Å². The van der Waals surface area contributed by atoms with E-state index in [1.807, 2.05) is 0 Å². The summed E-state index contributed by atoms with van der Waals surface area (Å²) in [6.07, 6.45) is 66.6. The van der Waals surface area contributed by atoms with Gasteiger partial charge in [-0.05, 0) is 44.9 Å². The number of ether oxygens (including phenoxy) is 1. The zero-order valence-corrected chi connectivity index (χ0v) is 44.7. The number of hydrogen-bond donors (Lipinski definition) is 3. The largest absolute Gasteiger partial charge is 0.466 e. The summed E-state index contributed by atoms with van der Waals surface area (Å²) in [5.74, 6) is -0.0247. The fourth-order valence-electron chi connectivity index (χ4n) is 9.45. The van der Waals surface area contributed by atoms with Gasteiger partial charge in [0.05, 0.1) is 25.4 Å². The minimum Gasteiger partial charge on any atom is -0.466 e. The van der Waals surface area contributed by atoms with Crippen LogP contribution in [-0.2, 0) is 14.3 Å². The van der Waals surface area contributed by atoms with Crippen molar-refractivity contribution >= 4 is 11.9 Å². The molecule has 0 bridgehead atoms. The lowest BCUT2D eigenvalue weighted by Crippen LogP contribution is -2.45. The number of aliphatic hydroxyl groups is 2. The lowest BCUT2D eigenvalue weighted by molar-refractivity contribution is -0.143. The van der Waals surface area contributed by atoms with E-state index in [1.165, 1.54) is 257 Å². The molecule has 66 heavy (non-hydrogen) atoms. The first kappa shape index (κ1) is 64.6. The third-order valence-electron chi connectivity index (χ3n) is 14.1. The number of allylic oxidation sites excluding steroid dienone is 2. The van der Waals surface area contributed by atoms with E-state index >= 15 is 0 Å². The summed E-state index contributed by atoms with van der Waals surface area (Å²) < 4.78 is 5.46. The number of nitrogens with one attached hydrogen (secondary N) is 1. The highest BCUT2D eigenvalue weighted by Gasteiger charge is 2.20. The molecule has 1 amide bonds. The Kier molecular flexibility index (Phi) is 55.0. The summed E-state index contributed by atoms with van der Waals surface area (Å²) in [5.41, 5.74) is 0. The van der Waals surface area contributed by atoms with E-state index in [-0.39, 0.29) is 18.5 Å². The molecule has 0 aromatic heterocycles. The van der Waals surface area contributed by atoms with E-state index in [0.717, 1.165) is 44.9 Å². The highest BCUT2D eigenvalue weighted by atomic mass is 16.5. The fourth-order valence-corrected chi connectivity index (χ4v) is 9.45. The van der Waals surface area contributed by atoms with Gasteiger partial charge < -0.3 is 20.3 Å². The molecule has 0 aromatic carbocycles. The van der Waals surface area contributed by atoms with Crippen LogP contribution in [0.2, 0.25) is 0 Å². The molecule has 0 radical (unpaired) electrons. The molecule has 0 heterocycles. The Balaban J connectivity index is 3.32. The molecule has 0 aliphatic rings. The molecular formula is C60H117NO5. The molecular weight excluding hydrogens is 815 g/mol. The molecule has 2 atom stereocenters. The Labute approximate surface area is 412 Å². The average Bonchev–Trinajstić information content (AvgIpc) is 3.32. The highest BCUT2D eigenvalue weighted by molar-refractivity contribution is 5.76. The van der Waals surface area contributed by atoms with Gasteiger partial charge in [-0.25, -0.2) is 0 Å². The van der Waals surface area contributed by atoms with Crippen LogP contribution in [0.15, 0.2) is 12.2 Å². The highest BCUT2D eigenvalue weighted by Crippen LogP contribution is 2.18. The Morgan fingerprint density at radius 2 is 0.727 bits per heavy atom. The van der Waals surface area contributed by atoms with Crippen molar-refractivity contribution in [1.29, 1.82) is 0 Å². The Bertz CT molecular complexity index is 986. The number of rotatable bonds is 56. The van der Waals surface area contributed by atoms with E-state index in [2.05, 4.69) is 31.3 Å². The molecule has 2 unspecified atom stereocenters. The summed E-state index contributed by atoms with van der Waals surface area (Å²) in [6.45, 7) is 4.92. The second kappa shape index (κ2) is 56.2. The first-order valence-corrected chi connectivity index (χ1v) is 29.9. The molecule has 0 spiro atoms. The van der Waals surface area contributed by atoms with Crippen molar-refractivity contribution in [1.82, 2.24) is 5.32 Å². The van der Waals surface area contributed by atoms with Crippen LogP contribution >= 0.6 is 0 Å². The van der Waals surface area contributed by atoms with Crippen LogP contribution in [0.5, 0.6) is 0 Å². The van der Waals surface area contributed by atoms with Crippen molar-refractivity contribution in [2.24, 2.45) is 0 Å². The smallest absolute Gasteiger partial charge is 0.305 e. The van der Waals surface area contributed by atoms with Crippen molar-refractivity contribution in [3.63, 3.8) is 0 Å². The van der Waals surface area contributed by atoms with Gasteiger partial charge in [-0.3, -0.25) is 9.59 Å². The Morgan fingerprint density at radius 1 is 0.409 bits per heavy atom. The fraction of sp³-hybridized carbons (Fsp3) is 0.933. The van der Waals surface area contributed by atoms with Gasteiger partial charge in [-0.15, -0.1) is 0 Å². The molecule has 0 aromatic rings. The zero-order valence-electron chi connectivity index (χ0n) is 44.7. The van der Waals surface area contributed by atoms with E-state index < -0.39 is 12.1 Å². The SMILES string of the molecule is CCCC/C=C\CCCCCCCC(=O)OCCCCCCCCCCCCCCCCCCCCCCCCCCCCCC(=O)NC(CO)C(O)CCCCCCCCCCCCC. The van der Waals surface area contributed by atoms with Crippen LogP contribution in [0.25, 0.3) is 0 Å². The predicted molar refractivity (Wildman–Crippen MR) is 287 cm³/mol. The van der Waals surface area contributed by atoms with Gasteiger partial charge in [0.2, 0.25) is 5.91 Å². The van der Waals surface area contributed by atoms with Gasteiger partial charge in [0, 0.05) is 12.8 Å². The Morgan fingerprint density at radius 3 is 1.12 bits per heavy atom. The van der Waals surface area contributed by atoms with Crippen molar-refractivity contribution in [2.45, 2.75) is 347 Å². The second-order valence-corrected chi connectivity index (χ2v) is 20.7. The predicted octanol–water partition coefficient (Wildman–Crippen LogP) is 18.5. The average molecular weight is 933 g/mol. The number of aliphatic hydroxyl groups excluding tert-OH is 2. The lowest BCUT2D eigenvalue weighted by Gasteiger charge is -2.22. The number of carbonyl (C=O) groups excluding carboxylic acids is 2. The van der Waals surface area contributed by atoms with Crippen LogP contribution in [0.4, 0.5) is 0 Å². The van der Waals surface area contributed by atoms with Crippen LogP contribution in [-0.4, -0.2) is 47.4 Å². The number of esters is 1. The number of carbonyl (C=O) groups is 2. The minimum atomic E-state index is -0.660. The standard InChI is InChI=1S/C60H117NO5/c1-3-5-7-9-11-13-32-36-40-44-48-52-58(63)57(56-62)61-59(64)53-49-45-41-37-34-30-28-26-24-22-20-18-16-15-17-19-21-23-25-27-29-31-35-39-43-47-51-55-66-60(65)54-50-46-42-38-33-14-12-10-8-6-4-2/h10,12,57-58,62-63H,3-9,11,13-56H2,1-2H3,(H,61,64)/b12-10-. The van der Waals surface area contributed by atoms with Gasteiger partial charge in [0.15, 0.2) is 0 Å². The van der Waals surface area contributed by atoms with Crippen molar-refractivity contribution in [3.8, 4) is 0 Å². The first-order valence-electron chi connectivity index (χ1n) is 29.9. The van der Waals surface area contributed by atoms with E-state index in [1.54, 1.807) is 0 Å².